The van der Waals surface area contributed by atoms with Crippen LogP contribution in [0.15, 0.2) is 29.3 Å². The zero-order chi connectivity index (χ0) is 13.2. The Bertz CT molecular complexity index is 489. The van der Waals surface area contributed by atoms with Crippen molar-refractivity contribution in [3.05, 3.63) is 35.6 Å². The lowest BCUT2D eigenvalue weighted by molar-refractivity contribution is 0.127. The molecule has 1 fully saturated rings. The maximum atomic E-state index is 13.6. The summed E-state index contributed by atoms with van der Waals surface area (Å²) in [7, 11) is 0. The van der Waals surface area contributed by atoms with E-state index in [1.165, 1.54) is 6.07 Å². The van der Waals surface area contributed by atoms with Crippen molar-refractivity contribution in [3.63, 3.8) is 0 Å². The van der Waals surface area contributed by atoms with Gasteiger partial charge < -0.3 is 10.5 Å². The topological polar surface area (TPSA) is 47.6 Å². The average molecular weight is 262 g/mol. The Labute approximate surface area is 112 Å². The molecule has 1 aromatic rings. The van der Waals surface area contributed by atoms with Crippen LogP contribution in [-0.2, 0) is 11.2 Å². The van der Waals surface area contributed by atoms with Gasteiger partial charge in [-0.3, -0.25) is 0 Å². The van der Waals surface area contributed by atoms with Gasteiger partial charge in [-0.2, -0.15) is 0 Å². The molecule has 3 atom stereocenters. The van der Waals surface area contributed by atoms with Crippen LogP contribution in [0.1, 0.15) is 24.8 Å². The minimum absolute atomic E-state index is 0.185. The highest BCUT2D eigenvalue weighted by atomic mass is 19.1. The predicted molar refractivity (Wildman–Crippen MR) is 72.6 cm³/mol. The molecule has 0 spiro atoms. The molecule has 4 heteroatoms. The third-order valence-corrected chi connectivity index (χ3v) is 4.09. The second kappa shape index (κ2) is 5.29. The lowest BCUT2D eigenvalue weighted by Crippen LogP contribution is -2.33. The van der Waals surface area contributed by atoms with Crippen LogP contribution < -0.4 is 5.73 Å². The van der Waals surface area contributed by atoms with Gasteiger partial charge in [0.25, 0.3) is 0 Å². The molecule has 1 aliphatic carbocycles. The number of hydrogen-bond acceptors (Lipinski definition) is 3. The molecule has 0 bridgehead atoms. The third-order valence-electron chi connectivity index (χ3n) is 4.09. The number of nitrogens with two attached hydrogens (primary N) is 1. The van der Waals surface area contributed by atoms with E-state index in [2.05, 4.69) is 4.99 Å². The molecule has 3 rings (SSSR count). The molecule has 0 aromatic heterocycles. The molecule has 2 N–H and O–H groups in total. The molecule has 3 nitrogen and oxygen atoms in total. The van der Waals surface area contributed by atoms with E-state index in [0.717, 1.165) is 25.8 Å². The molecule has 102 valence electrons. The minimum Gasteiger partial charge on any atom is -0.475 e. The lowest BCUT2D eigenvalue weighted by Gasteiger charge is -2.28. The van der Waals surface area contributed by atoms with Gasteiger partial charge in [-0.05, 0) is 43.4 Å². The second-order valence-electron chi connectivity index (χ2n) is 5.43. The first-order valence-corrected chi connectivity index (χ1v) is 6.93. The summed E-state index contributed by atoms with van der Waals surface area (Å²) < 4.78 is 19.5. The molecule has 1 saturated carbocycles. The van der Waals surface area contributed by atoms with Crippen molar-refractivity contribution in [2.45, 2.75) is 37.8 Å². The van der Waals surface area contributed by atoms with Crippen molar-refractivity contribution in [2.24, 2.45) is 16.6 Å². The number of fused-ring (bicyclic) bond motifs is 1. The number of benzene rings is 1. The van der Waals surface area contributed by atoms with E-state index in [4.69, 9.17) is 10.5 Å². The molecule has 0 saturated heterocycles. The van der Waals surface area contributed by atoms with Crippen molar-refractivity contribution < 1.29 is 9.13 Å². The molecule has 1 aromatic carbocycles. The Morgan fingerprint density at radius 2 is 2.16 bits per heavy atom. The summed E-state index contributed by atoms with van der Waals surface area (Å²) in [6, 6.07) is 7.02. The van der Waals surface area contributed by atoms with E-state index in [0.29, 0.717) is 23.8 Å². The van der Waals surface area contributed by atoms with E-state index in [9.17, 15) is 4.39 Å². The fourth-order valence-corrected chi connectivity index (χ4v) is 2.97. The molecule has 1 aliphatic heterocycles. The van der Waals surface area contributed by atoms with Crippen LogP contribution in [0.5, 0.6) is 0 Å². The zero-order valence-electron chi connectivity index (χ0n) is 10.9. The highest BCUT2D eigenvalue weighted by Crippen LogP contribution is 2.32. The zero-order valence-corrected chi connectivity index (χ0v) is 10.9. The van der Waals surface area contributed by atoms with Crippen LogP contribution >= 0.6 is 0 Å². The molecular weight excluding hydrogens is 243 g/mol. The number of aliphatic imine (C=N–C) groups is 1. The van der Waals surface area contributed by atoms with Crippen LogP contribution in [0.3, 0.4) is 0 Å². The first-order chi connectivity index (χ1) is 9.26. The molecule has 2 aliphatic rings. The molecule has 3 unspecified atom stereocenters. The van der Waals surface area contributed by atoms with Gasteiger partial charge in [0.2, 0.25) is 0 Å². The maximum Gasteiger partial charge on any atom is 0.188 e. The van der Waals surface area contributed by atoms with Crippen molar-refractivity contribution in [3.8, 4) is 0 Å². The summed E-state index contributed by atoms with van der Waals surface area (Å²) in [6.45, 7) is 0.724. The van der Waals surface area contributed by atoms with E-state index < -0.39 is 0 Å². The van der Waals surface area contributed by atoms with Gasteiger partial charge in [0.1, 0.15) is 11.9 Å². The summed E-state index contributed by atoms with van der Waals surface area (Å²) in [5, 5.41) is 0. The van der Waals surface area contributed by atoms with Crippen molar-refractivity contribution in [1.82, 2.24) is 0 Å². The number of halogens is 1. The quantitative estimate of drug-likeness (QED) is 0.908. The predicted octanol–water partition coefficient (Wildman–Crippen LogP) is 2.29. The number of nitrogens with zero attached hydrogens (tertiary/aromatic N) is 1. The van der Waals surface area contributed by atoms with Gasteiger partial charge in [0, 0.05) is 0 Å². The Balaban J connectivity index is 1.69. The van der Waals surface area contributed by atoms with E-state index in [1.807, 2.05) is 6.07 Å². The summed E-state index contributed by atoms with van der Waals surface area (Å²) in [5.41, 5.74) is 6.37. The van der Waals surface area contributed by atoms with Gasteiger partial charge in [0.05, 0.1) is 12.5 Å². The highest BCUT2D eigenvalue weighted by molar-refractivity contribution is 5.80. The Hall–Kier alpha value is -1.42. The van der Waals surface area contributed by atoms with Gasteiger partial charge in [-0.25, -0.2) is 9.38 Å². The fourth-order valence-electron chi connectivity index (χ4n) is 2.97. The van der Waals surface area contributed by atoms with Crippen molar-refractivity contribution in [1.29, 1.82) is 0 Å². The smallest absolute Gasteiger partial charge is 0.188 e. The van der Waals surface area contributed by atoms with E-state index in [1.54, 1.807) is 12.1 Å². The monoisotopic (exact) mass is 262 g/mol. The summed E-state index contributed by atoms with van der Waals surface area (Å²) in [4.78, 5) is 4.62. The Morgan fingerprint density at radius 1 is 1.32 bits per heavy atom. The standard InChI is InChI=1S/C15H19FN2O/c16-12-4-2-1-3-11(12)8-15-18-13-7-10(9-17)5-6-14(13)19-15/h1-4,10,13-14H,5-9,17H2. The molecule has 1 heterocycles. The molecule has 0 amide bonds. The van der Waals surface area contributed by atoms with Crippen LogP contribution in [0, 0.1) is 11.7 Å². The summed E-state index contributed by atoms with van der Waals surface area (Å²) in [6.07, 6.45) is 3.76. The van der Waals surface area contributed by atoms with Gasteiger partial charge >= 0.3 is 0 Å². The van der Waals surface area contributed by atoms with Crippen LogP contribution in [0.2, 0.25) is 0 Å². The minimum atomic E-state index is -0.191. The van der Waals surface area contributed by atoms with E-state index in [-0.39, 0.29) is 18.0 Å². The van der Waals surface area contributed by atoms with E-state index >= 15 is 0 Å². The normalized spacial score (nSPS) is 29.6. The fraction of sp³-hybridized carbons (Fsp3) is 0.533. The number of ether oxygens (including phenoxy) is 1. The molecule has 0 radical (unpaired) electrons. The SMILES string of the molecule is NCC1CCC2OC(Cc3ccccc3F)=NC2C1. The van der Waals surface area contributed by atoms with Crippen LogP contribution in [0.4, 0.5) is 4.39 Å². The Kier molecular flexibility index (Phi) is 3.51. The summed E-state index contributed by atoms with van der Waals surface area (Å²) >= 11 is 0. The maximum absolute atomic E-state index is 13.6. The van der Waals surface area contributed by atoms with Crippen LogP contribution in [-0.4, -0.2) is 24.6 Å². The van der Waals surface area contributed by atoms with Gasteiger partial charge in [-0.1, -0.05) is 18.2 Å². The average Bonchev–Trinajstić information content (AvgIpc) is 2.82. The molecular formula is C15H19FN2O. The first kappa shape index (κ1) is 12.6. The van der Waals surface area contributed by atoms with Gasteiger partial charge in [0.15, 0.2) is 5.90 Å². The van der Waals surface area contributed by atoms with Crippen molar-refractivity contribution in [2.75, 3.05) is 6.54 Å². The molecule has 19 heavy (non-hydrogen) atoms. The van der Waals surface area contributed by atoms with Crippen molar-refractivity contribution >= 4 is 5.90 Å². The lowest BCUT2D eigenvalue weighted by atomic mass is 9.84. The van der Waals surface area contributed by atoms with Crippen LogP contribution in [0.25, 0.3) is 0 Å². The first-order valence-electron chi connectivity index (χ1n) is 6.93. The number of hydrogen-bond donors (Lipinski definition) is 1. The number of rotatable bonds is 3. The largest absolute Gasteiger partial charge is 0.475 e. The third kappa shape index (κ3) is 2.63. The Morgan fingerprint density at radius 3 is 2.95 bits per heavy atom. The van der Waals surface area contributed by atoms with Gasteiger partial charge in [-0.15, -0.1) is 0 Å². The second-order valence-corrected chi connectivity index (χ2v) is 5.43. The summed E-state index contributed by atoms with van der Waals surface area (Å²) in [5.74, 6) is 1.04. The highest BCUT2D eigenvalue weighted by Gasteiger charge is 2.36.